The quantitative estimate of drug-likeness (QED) is 0.308. The first kappa shape index (κ1) is 20.8. The van der Waals surface area contributed by atoms with Gasteiger partial charge in [0.25, 0.3) is 0 Å². The molecule has 0 amide bonds. The molecule has 0 bridgehead atoms. The maximum Gasteiger partial charge on any atom is 0.125 e. The highest BCUT2D eigenvalue weighted by molar-refractivity contribution is 6.30. The van der Waals surface area contributed by atoms with Crippen LogP contribution in [0.2, 0.25) is 5.02 Å². The van der Waals surface area contributed by atoms with Gasteiger partial charge in [-0.3, -0.25) is 9.98 Å². The van der Waals surface area contributed by atoms with Gasteiger partial charge in [0.15, 0.2) is 0 Å². The molecular formula is C27H21ClFN5. The zero-order chi connectivity index (χ0) is 23.2. The molecule has 1 saturated carbocycles. The van der Waals surface area contributed by atoms with E-state index < -0.39 is 0 Å². The number of pyridine rings is 1. The number of anilines is 2. The van der Waals surface area contributed by atoms with Crippen LogP contribution in [0.4, 0.5) is 15.8 Å². The number of nitrogens with zero attached hydrogens (tertiary/aromatic N) is 4. The fourth-order valence-corrected chi connectivity index (χ4v) is 4.23. The Morgan fingerprint density at radius 1 is 1.03 bits per heavy atom. The Bertz CT molecular complexity index is 1570. The predicted octanol–water partition coefficient (Wildman–Crippen LogP) is 6.43. The van der Waals surface area contributed by atoms with Crippen molar-refractivity contribution in [2.24, 2.45) is 4.99 Å². The largest absolute Gasteiger partial charge is 0.352 e. The molecule has 2 heterocycles. The first-order valence-corrected chi connectivity index (χ1v) is 11.6. The summed E-state index contributed by atoms with van der Waals surface area (Å²) in [6.45, 7) is 1.96. The van der Waals surface area contributed by atoms with Gasteiger partial charge in [-0.1, -0.05) is 11.6 Å². The summed E-state index contributed by atoms with van der Waals surface area (Å²) in [6, 6.07) is 20.5. The molecule has 0 spiro atoms. The Morgan fingerprint density at radius 2 is 1.85 bits per heavy atom. The topological polar surface area (TPSA) is 55.1 Å². The van der Waals surface area contributed by atoms with E-state index in [1.54, 1.807) is 12.3 Å². The zero-order valence-corrected chi connectivity index (χ0v) is 19.2. The van der Waals surface area contributed by atoms with E-state index in [2.05, 4.69) is 20.9 Å². The van der Waals surface area contributed by atoms with Gasteiger partial charge < -0.3 is 9.88 Å². The Balaban J connectivity index is 1.65. The fraction of sp³-hybridized carbons (Fsp3) is 0.148. The van der Waals surface area contributed by atoms with Crippen LogP contribution in [0.1, 0.15) is 18.5 Å². The van der Waals surface area contributed by atoms with E-state index in [0.29, 0.717) is 16.6 Å². The second-order valence-electron chi connectivity index (χ2n) is 8.54. The molecule has 2 aliphatic carbocycles. The van der Waals surface area contributed by atoms with E-state index in [1.165, 1.54) is 12.1 Å². The number of fused-ring (bicyclic) bond motifs is 2. The summed E-state index contributed by atoms with van der Waals surface area (Å²) in [5, 5.41) is 5.01. The van der Waals surface area contributed by atoms with Gasteiger partial charge >= 0.3 is 0 Å². The molecule has 0 unspecified atom stereocenters. The number of nitrogens with one attached hydrogen (secondary N) is 1. The van der Waals surface area contributed by atoms with Crippen LogP contribution in [0.25, 0.3) is 28.1 Å². The van der Waals surface area contributed by atoms with Gasteiger partial charge in [-0.15, -0.1) is 0 Å². The van der Waals surface area contributed by atoms with Crippen LogP contribution < -0.4 is 10.7 Å². The van der Waals surface area contributed by atoms with Crippen molar-refractivity contribution in [2.45, 2.75) is 25.8 Å². The average Bonchev–Trinajstić information content (AvgIpc) is 3.64. The lowest BCUT2D eigenvalue weighted by atomic mass is 10.1. The van der Waals surface area contributed by atoms with Crippen LogP contribution in [0.3, 0.4) is 0 Å². The maximum atomic E-state index is 14.1. The van der Waals surface area contributed by atoms with Crippen LogP contribution in [-0.2, 0) is 0 Å². The van der Waals surface area contributed by atoms with E-state index in [-0.39, 0.29) is 5.82 Å². The number of rotatable bonds is 4. The van der Waals surface area contributed by atoms with Crippen molar-refractivity contribution in [1.82, 2.24) is 14.5 Å². The van der Waals surface area contributed by atoms with Crippen molar-refractivity contribution >= 4 is 34.0 Å². The summed E-state index contributed by atoms with van der Waals surface area (Å²) in [6.07, 6.45) is 3.96. The van der Waals surface area contributed by atoms with Crippen molar-refractivity contribution < 1.29 is 4.39 Å². The van der Waals surface area contributed by atoms with Gasteiger partial charge in [-0.05, 0) is 80.4 Å². The van der Waals surface area contributed by atoms with Crippen LogP contribution in [0.15, 0.2) is 77.9 Å². The Labute approximate surface area is 201 Å². The molecular weight excluding hydrogens is 449 g/mol. The molecule has 1 aromatic heterocycles. The smallest absolute Gasteiger partial charge is 0.125 e. The number of hydrogen-bond donors (Lipinski definition) is 1. The number of aryl methyl sites for hydroxylation is 1. The highest BCUT2D eigenvalue weighted by Crippen LogP contribution is 2.32. The van der Waals surface area contributed by atoms with Crippen LogP contribution in [-0.4, -0.2) is 20.6 Å². The molecule has 3 aromatic rings. The van der Waals surface area contributed by atoms with E-state index >= 15 is 0 Å². The van der Waals surface area contributed by atoms with Crippen molar-refractivity contribution in [1.29, 1.82) is 0 Å². The molecule has 0 radical (unpaired) electrons. The minimum Gasteiger partial charge on any atom is -0.352 e. The van der Waals surface area contributed by atoms with Crippen molar-refractivity contribution in [3.8, 4) is 17.1 Å². The fourth-order valence-electron chi connectivity index (χ4n) is 4.11. The summed E-state index contributed by atoms with van der Waals surface area (Å²) < 4.78 is 16.2. The SMILES string of the molecule is Cc1ncccc1Nc1cc2nc3cc(F)ccc3n(-c3ccc(Cl)cc3)c-2cc1=NC1CC1. The van der Waals surface area contributed by atoms with Crippen LogP contribution >= 0.6 is 11.6 Å². The van der Waals surface area contributed by atoms with Crippen molar-refractivity contribution in [2.75, 3.05) is 5.32 Å². The third-order valence-electron chi connectivity index (χ3n) is 5.98. The minimum atomic E-state index is -0.327. The molecule has 1 N–H and O–H groups in total. The molecule has 7 heteroatoms. The van der Waals surface area contributed by atoms with E-state index in [0.717, 1.165) is 57.9 Å². The second kappa shape index (κ2) is 8.22. The summed E-state index contributed by atoms with van der Waals surface area (Å²) in [5.74, 6) is -0.327. The van der Waals surface area contributed by atoms with Crippen LogP contribution in [0.5, 0.6) is 0 Å². The van der Waals surface area contributed by atoms with Crippen molar-refractivity contribution in [3.63, 3.8) is 0 Å². The van der Waals surface area contributed by atoms with E-state index in [4.69, 9.17) is 21.6 Å². The minimum absolute atomic E-state index is 0.327. The summed E-state index contributed by atoms with van der Waals surface area (Å²) >= 11 is 6.16. The summed E-state index contributed by atoms with van der Waals surface area (Å²) in [4.78, 5) is 14.2. The predicted molar refractivity (Wildman–Crippen MR) is 134 cm³/mol. The Kier molecular flexibility index (Phi) is 5.03. The monoisotopic (exact) mass is 469 g/mol. The van der Waals surface area contributed by atoms with Gasteiger partial charge in [0.1, 0.15) is 5.82 Å². The highest BCUT2D eigenvalue weighted by atomic mass is 35.5. The first-order chi connectivity index (χ1) is 16.5. The molecule has 5 nitrogen and oxygen atoms in total. The molecule has 1 aliphatic heterocycles. The van der Waals surface area contributed by atoms with E-state index in [1.807, 2.05) is 49.4 Å². The lowest BCUT2D eigenvalue weighted by Crippen LogP contribution is -2.16. The third kappa shape index (κ3) is 3.90. The second-order valence-corrected chi connectivity index (χ2v) is 8.97. The lowest BCUT2D eigenvalue weighted by molar-refractivity contribution is 0.629. The number of hydrogen-bond acceptors (Lipinski definition) is 4. The van der Waals surface area contributed by atoms with Gasteiger partial charge in [0.05, 0.1) is 50.9 Å². The highest BCUT2D eigenvalue weighted by Gasteiger charge is 2.22. The molecule has 1 fully saturated rings. The van der Waals surface area contributed by atoms with Gasteiger partial charge in [0.2, 0.25) is 0 Å². The average molecular weight is 470 g/mol. The van der Waals surface area contributed by atoms with E-state index in [9.17, 15) is 4.39 Å². The number of aromatic nitrogens is 3. The zero-order valence-electron chi connectivity index (χ0n) is 18.5. The molecule has 0 saturated heterocycles. The molecule has 6 rings (SSSR count). The Morgan fingerprint density at radius 3 is 2.62 bits per heavy atom. The van der Waals surface area contributed by atoms with Gasteiger partial charge in [0, 0.05) is 23.0 Å². The maximum absolute atomic E-state index is 14.1. The standard InChI is InChI=1S/C27H21ClFN5/c1-16-21(3-2-12-30-16)32-22-14-25-27(15-23(22)31-19-7-8-19)34(20-9-4-17(28)5-10-20)26-11-6-18(29)13-24(26)33-25/h2-6,9-15,19,32H,7-8H2,1H3. The third-order valence-corrected chi connectivity index (χ3v) is 6.23. The molecule has 2 aromatic carbocycles. The molecule has 168 valence electrons. The van der Waals surface area contributed by atoms with Gasteiger partial charge in [-0.2, -0.15) is 0 Å². The summed E-state index contributed by atoms with van der Waals surface area (Å²) in [7, 11) is 0. The van der Waals surface area contributed by atoms with Gasteiger partial charge in [-0.25, -0.2) is 9.37 Å². The summed E-state index contributed by atoms with van der Waals surface area (Å²) in [5.41, 5.74) is 6.55. The molecule has 0 atom stereocenters. The molecule has 34 heavy (non-hydrogen) atoms. The van der Waals surface area contributed by atoms with Crippen molar-refractivity contribution in [3.05, 3.63) is 94.8 Å². The number of halogens is 2. The first-order valence-electron chi connectivity index (χ1n) is 11.2. The lowest BCUT2D eigenvalue weighted by Gasteiger charge is -2.20. The van der Waals surface area contributed by atoms with Crippen LogP contribution in [0, 0.1) is 12.7 Å². The number of benzene rings is 3. The molecule has 3 aliphatic rings. The normalized spacial score (nSPS) is 14.1. The Hall–Kier alpha value is -3.77.